The number of nitrogens with zero attached hydrogens (tertiary/aromatic N) is 1. The molecule has 204 valence electrons. The van der Waals surface area contributed by atoms with Gasteiger partial charge in [0.25, 0.3) is 0 Å². The molecule has 0 aliphatic carbocycles. The van der Waals surface area contributed by atoms with E-state index in [1.807, 2.05) is 91.1 Å². The van der Waals surface area contributed by atoms with Gasteiger partial charge in [0.05, 0.1) is 0 Å². The molecular weight excluding hydrogens is 508 g/mol. The van der Waals surface area contributed by atoms with Crippen LogP contribution in [0.1, 0.15) is 36.5 Å². The molecule has 2 N–H and O–H groups in total. The molecule has 6 rings (SSSR count). The van der Waals surface area contributed by atoms with Crippen molar-refractivity contribution < 1.29 is 14.7 Å². The molecule has 1 heterocycles. The van der Waals surface area contributed by atoms with Gasteiger partial charge >= 0.3 is 5.97 Å². The number of rotatable bonds is 8. The van der Waals surface area contributed by atoms with Crippen molar-refractivity contribution in [1.82, 2.24) is 9.88 Å². The van der Waals surface area contributed by atoms with Gasteiger partial charge in [-0.05, 0) is 57.6 Å². The number of para-hydroxylation sites is 1. The second-order valence-corrected chi connectivity index (χ2v) is 10.9. The lowest BCUT2D eigenvalue weighted by Gasteiger charge is -2.43. The fourth-order valence-corrected chi connectivity index (χ4v) is 6.34. The Bertz CT molecular complexity index is 1900. The van der Waals surface area contributed by atoms with Crippen LogP contribution in [0.2, 0.25) is 0 Å². The van der Waals surface area contributed by atoms with Gasteiger partial charge in [-0.2, -0.15) is 0 Å². The van der Waals surface area contributed by atoms with Gasteiger partial charge in [-0.25, -0.2) is 4.79 Å². The fourth-order valence-electron chi connectivity index (χ4n) is 6.34. The van der Waals surface area contributed by atoms with Gasteiger partial charge in [0.1, 0.15) is 5.54 Å². The molecule has 0 saturated carbocycles. The van der Waals surface area contributed by atoms with Crippen molar-refractivity contribution in [1.29, 1.82) is 0 Å². The van der Waals surface area contributed by atoms with Crippen LogP contribution in [0.5, 0.6) is 0 Å². The summed E-state index contributed by atoms with van der Waals surface area (Å²) in [6.07, 6.45) is 2.35. The summed E-state index contributed by atoms with van der Waals surface area (Å²) in [4.78, 5) is 31.9. The van der Waals surface area contributed by atoms with Crippen molar-refractivity contribution in [3.63, 3.8) is 0 Å². The summed E-state index contributed by atoms with van der Waals surface area (Å²) >= 11 is 0. The molecule has 0 fully saturated rings. The quantitative estimate of drug-likeness (QED) is 0.208. The molecule has 41 heavy (non-hydrogen) atoms. The zero-order valence-electron chi connectivity index (χ0n) is 23.2. The Morgan fingerprint density at radius 1 is 0.756 bits per heavy atom. The summed E-state index contributed by atoms with van der Waals surface area (Å²) in [7, 11) is 0. The summed E-state index contributed by atoms with van der Waals surface area (Å²) in [6.45, 7) is 3.35. The van der Waals surface area contributed by atoms with Crippen LogP contribution in [0.15, 0.2) is 115 Å². The molecule has 1 amide bonds. The molecular formula is C36H32N2O3. The lowest BCUT2D eigenvalue weighted by atomic mass is 9.74. The summed E-state index contributed by atoms with van der Waals surface area (Å²) in [6, 6.07) is 36.2. The first-order chi connectivity index (χ1) is 19.9. The highest BCUT2D eigenvalue weighted by atomic mass is 16.4. The van der Waals surface area contributed by atoms with Crippen LogP contribution in [0.3, 0.4) is 0 Å². The van der Waals surface area contributed by atoms with E-state index < -0.39 is 17.4 Å². The standard InChI is InChI=1S/C36H32N2O3/c1-24(39)38(23-28-16-10-14-26-12-4-6-18-30(26)28)36(2,35(40)41)33(32-22-37-34-20-8-7-19-31(32)34)21-27-15-9-13-25-11-3-5-17-29(25)27/h3-20,22,33,37H,21,23H2,1-2H3,(H,40,41)/t33?,36-/m1/s1. The number of hydrogen-bond acceptors (Lipinski definition) is 2. The first kappa shape index (κ1) is 26.3. The number of carboxylic acids is 1. The molecule has 5 nitrogen and oxygen atoms in total. The third-order valence-electron chi connectivity index (χ3n) is 8.56. The summed E-state index contributed by atoms with van der Waals surface area (Å²) in [5.41, 5.74) is 2.20. The van der Waals surface area contributed by atoms with E-state index in [1.54, 1.807) is 11.8 Å². The molecule has 2 atom stereocenters. The summed E-state index contributed by atoms with van der Waals surface area (Å²) in [5.74, 6) is -1.88. The van der Waals surface area contributed by atoms with Crippen LogP contribution in [0.4, 0.5) is 0 Å². The van der Waals surface area contributed by atoms with Gasteiger partial charge in [-0.15, -0.1) is 0 Å². The van der Waals surface area contributed by atoms with E-state index in [0.717, 1.165) is 49.1 Å². The number of carbonyl (C=O) groups excluding carboxylic acids is 1. The third kappa shape index (κ3) is 4.63. The highest BCUT2D eigenvalue weighted by molar-refractivity contribution is 5.92. The summed E-state index contributed by atoms with van der Waals surface area (Å²) < 4.78 is 0. The maximum atomic E-state index is 13.5. The van der Waals surface area contributed by atoms with E-state index in [0.29, 0.717) is 6.42 Å². The number of carbonyl (C=O) groups is 2. The summed E-state index contributed by atoms with van der Waals surface area (Å²) in [5, 5.41) is 16.3. The molecule has 5 heteroatoms. The smallest absolute Gasteiger partial charge is 0.330 e. The largest absolute Gasteiger partial charge is 0.479 e. The third-order valence-corrected chi connectivity index (χ3v) is 8.56. The van der Waals surface area contributed by atoms with Gasteiger partial charge in [-0.1, -0.05) is 103 Å². The second-order valence-electron chi connectivity index (χ2n) is 10.9. The van der Waals surface area contributed by atoms with E-state index in [1.165, 1.54) is 6.92 Å². The number of aliphatic carboxylic acids is 1. The topological polar surface area (TPSA) is 73.4 Å². The van der Waals surface area contributed by atoms with E-state index in [4.69, 9.17) is 0 Å². The molecule has 0 aliphatic heterocycles. The zero-order chi connectivity index (χ0) is 28.6. The number of aromatic amines is 1. The van der Waals surface area contributed by atoms with Crippen molar-refractivity contribution in [2.24, 2.45) is 0 Å². The number of carboxylic acid groups (broad SMARTS) is 1. The first-order valence-corrected chi connectivity index (χ1v) is 13.9. The lowest BCUT2D eigenvalue weighted by Crippen LogP contribution is -2.58. The van der Waals surface area contributed by atoms with Gasteiger partial charge in [-0.3, -0.25) is 4.79 Å². The Kier molecular flexibility index (Phi) is 6.80. The Hall–Kier alpha value is -4.90. The molecule has 0 bridgehead atoms. The number of benzene rings is 5. The van der Waals surface area contributed by atoms with E-state index in [2.05, 4.69) is 29.2 Å². The van der Waals surface area contributed by atoms with Crippen LogP contribution in [0, 0.1) is 0 Å². The van der Waals surface area contributed by atoms with E-state index >= 15 is 0 Å². The van der Waals surface area contributed by atoms with Crippen molar-refractivity contribution >= 4 is 44.3 Å². The Labute approximate surface area is 239 Å². The second kappa shape index (κ2) is 10.6. The van der Waals surface area contributed by atoms with Crippen molar-refractivity contribution in [2.45, 2.75) is 38.3 Å². The number of fused-ring (bicyclic) bond motifs is 3. The number of amides is 1. The SMILES string of the molecule is CC(=O)N(Cc1cccc2ccccc12)[C@@](C)(C(=O)O)C(Cc1cccc2ccccc12)c1c[nH]c2ccccc12. The number of nitrogens with one attached hydrogen (secondary N) is 1. The predicted molar refractivity (Wildman–Crippen MR) is 165 cm³/mol. The highest BCUT2D eigenvalue weighted by Gasteiger charge is 2.49. The average Bonchev–Trinajstić information content (AvgIpc) is 3.42. The molecule has 0 saturated heterocycles. The minimum absolute atomic E-state index is 0.174. The molecule has 0 aliphatic rings. The van der Waals surface area contributed by atoms with Crippen LogP contribution in [-0.2, 0) is 22.6 Å². The normalized spacial score (nSPS) is 13.7. The van der Waals surface area contributed by atoms with Gasteiger partial charge in [0.2, 0.25) is 5.91 Å². The molecule has 0 radical (unpaired) electrons. The van der Waals surface area contributed by atoms with Crippen LogP contribution >= 0.6 is 0 Å². The number of hydrogen-bond donors (Lipinski definition) is 2. The van der Waals surface area contributed by atoms with Crippen LogP contribution in [-0.4, -0.2) is 32.4 Å². The van der Waals surface area contributed by atoms with Gasteiger partial charge in [0.15, 0.2) is 0 Å². The average molecular weight is 541 g/mol. The minimum atomic E-state index is -1.56. The van der Waals surface area contributed by atoms with Crippen molar-refractivity contribution in [2.75, 3.05) is 0 Å². The maximum Gasteiger partial charge on any atom is 0.330 e. The first-order valence-electron chi connectivity index (χ1n) is 13.9. The molecule has 1 unspecified atom stereocenters. The Morgan fingerprint density at radius 2 is 1.29 bits per heavy atom. The Balaban J connectivity index is 1.55. The minimum Gasteiger partial charge on any atom is -0.479 e. The number of aromatic nitrogens is 1. The lowest BCUT2D eigenvalue weighted by molar-refractivity contribution is -0.160. The van der Waals surface area contributed by atoms with E-state index in [-0.39, 0.29) is 12.5 Å². The molecule has 5 aromatic carbocycles. The van der Waals surface area contributed by atoms with Crippen LogP contribution < -0.4 is 0 Å². The van der Waals surface area contributed by atoms with Crippen LogP contribution in [0.25, 0.3) is 32.4 Å². The van der Waals surface area contributed by atoms with Gasteiger partial charge in [0, 0.05) is 36.5 Å². The van der Waals surface area contributed by atoms with Crippen molar-refractivity contribution in [3.05, 3.63) is 132 Å². The maximum absolute atomic E-state index is 13.5. The van der Waals surface area contributed by atoms with E-state index in [9.17, 15) is 14.7 Å². The molecule has 1 aromatic heterocycles. The fraction of sp³-hybridized carbons (Fsp3) is 0.167. The number of H-pyrrole nitrogens is 1. The van der Waals surface area contributed by atoms with Crippen molar-refractivity contribution in [3.8, 4) is 0 Å². The predicted octanol–water partition coefficient (Wildman–Crippen LogP) is 7.69. The highest BCUT2D eigenvalue weighted by Crippen LogP contribution is 2.42. The monoisotopic (exact) mass is 540 g/mol. The Morgan fingerprint density at radius 3 is 1.93 bits per heavy atom. The van der Waals surface area contributed by atoms with Gasteiger partial charge < -0.3 is 15.0 Å². The molecule has 0 spiro atoms. The molecule has 6 aromatic rings. The zero-order valence-corrected chi connectivity index (χ0v) is 23.2.